The number of carboxylic acid groups (broad SMARTS) is 1. The second-order valence-electron chi connectivity index (χ2n) is 4.91. The number of likely N-dealkylation sites (tertiary alicyclic amines) is 1. The third-order valence-corrected chi connectivity index (χ3v) is 3.74. The number of hydrogen-bond acceptors (Lipinski definition) is 3. The van der Waals surface area contributed by atoms with Gasteiger partial charge in [0.05, 0.1) is 7.11 Å². The maximum absolute atomic E-state index is 11.6. The number of benzene rings is 1. The van der Waals surface area contributed by atoms with E-state index >= 15 is 0 Å². The summed E-state index contributed by atoms with van der Waals surface area (Å²) >= 11 is 0. The van der Waals surface area contributed by atoms with E-state index in [-0.39, 0.29) is 0 Å². The lowest BCUT2D eigenvalue weighted by atomic mass is 10.0. The van der Waals surface area contributed by atoms with Gasteiger partial charge < -0.3 is 9.84 Å². The van der Waals surface area contributed by atoms with Crippen molar-refractivity contribution in [1.29, 1.82) is 0 Å². The molecule has 2 rings (SSSR count). The zero-order valence-corrected chi connectivity index (χ0v) is 11.6. The van der Waals surface area contributed by atoms with Crippen molar-refractivity contribution in [2.75, 3.05) is 20.2 Å². The van der Waals surface area contributed by atoms with Crippen molar-refractivity contribution in [3.63, 3.8) is 0 Å². The predicted molar refractivity (Wildman–Crippen MR) is 73.6 cm³/mol. The first-order valence-electron chi connectivity index (χ1n) is 6.81. The van der Waals surface area contributed by atoms with Gasteiger partial charge in [-0.15, -0.1) is 0 Å². The molecule has 1 fully saturated rings. The SMILES string of the molecule is CCc1cc(C(C(=O)O)N2CCCC2)ccc1OC. The Morgan fingerprint density at radius 3 is 2.63 bits per heavy atom. The fourth-order valence-corrected chi connectivity index (χ4v) is 2.75. The third kappa shape index (κ3) is 2.89. The number of rotatable bonds is 5. The van der Waals surface area contributed by atoms with Crippen LogP contribution in [0.15, 0.2) is 18.2 Å². The van der Waals surface area contributed by atoms with E-state index in [0.717, 1.165) is 49.2 Å². The molecule has 1 saturated heterocycles. The molecule has 19 heavy (non-hydrogen) atoms. The highest BCUT2D eigenvalue weighted by atomic mass is 16.5. The van der Waals surface area contributed by atoms with E-state index in [1.165, 1.54) is 0 Å². The van der Waals surface area contributed by atoms with Crippen molar-refractivity contribution in [2.24, 2.45) is 0 Å². The minimum absolute atomic E-state index is 0.529. The van der Waals surface area contributed by atoms with Gasteiger partial charge in [0.25, 0.3) is 0 Å². The highest BCUT2D eigenvalue weighted by molar-refractivity contribution is 5.75. The van der Waals surface area contributed by atoms with Gasteiger partial charge in [0.2, 0.25) is 0 Å². The summed E-state index contributed by atoms with van der Waals surface area (Å²) in [5, 5.41) is 9.50. The van der Waals surface area contributed by atoms with Crippen LogP contribution in [0.4, 0.5) is 0 Å². The van der Waals surface area contributed by atoms with Crippen LogP contribution in [-0.2, 0) is 11.2 Å². The fraction of sp³-hybridized carbons (Fsp3) is 0.533. The number of carboxylic acids is 1. The van der Waals surface area contributed by atoms with Crippen LogP contribution >= 0.6 is 0 Å². The van der Waals surface area contributed by atoms with Crippen molar-refractivity contribution >= 4 is 5.97 Å². The van der Waals surface area contributed by atoms with Crippen LogP contribution in [-0.4, -0.2) is 36.2 Å². The van der Waals surface area contributed by atoms with Crippen LogP contribution in [0.1, 0.15) is 36.9 Å². The Kier molecular flexibility index (Phi) is 4.43. The van der Waals surface area contributed by atoms with Crippen LogP contribution in [0.5, 0.6) is 5.75 Å². The first kappa shape index (κ1) is 13.9. The topological polar surface area (TPSA) is 49.8 Å². The van der Waals surface area contributed by atoms with Gasteiger partial charge in [-0.25, -0.2) is 0 Å². The van der Waals surface area contributed by atoms with Crippen LogP contribution in [0.3, 0.4) is 0 Å². The van der Waals surface area contributed by atoms with E-state index in [9.17, 15) is 9.90 Å². The summed E-state index contributed by atoms with van der Waals surface area (Å²) in [6.07, 6.45) is 3.00. The lowest BCUT2D eigenvalue weighted by Gasteiger charge is -2.24. The van der Waals surface area contributed by atoms with Crippen LogP contribution in [0.2, 0.25) is 0 Å². The lowest BCUT2D eigenvalue weighted by Crippen LogP contribution is -2.31. The van der Waals surface area contributed by atoms with Crippen LogP contribution in [0, 0.1) is 0 Å². The Morgan fingerprint density at radius 1 is 1.42 bits per heavy atom. The molecule has 1 aromatic carbocycles. The first-order chi connectivity index (χ1) is 9.17. The van der Waals surface area contributed by atoms with Gasteiger partial charge in [0, 0.05) is 0 Å². The van der Waals surface area contributed by atoms with Crippen molar-refractivity contribution in [2.45, 2.75) is 32.2 Å². The van der Waals surface area contributed by atoms with E-state index in [4.69, 9.17) is 4.74 Å². The molecule has 1 atom stereocenters. The first-order valence-corrected chi connectivity index (χ1v) is 6.81. The van der Waals surface area contributed by atoms with Gasteiger partial charge in [-0.05, 0) is 55.6 Å². The van der Waals surface area contributed by atoms with E-state index in [2.05, 4.69) is 0 Å². The number of aliphatic carboxylic acids is 1. The molecule has 0 saturated carbocycles. The summed E-state index contributed by atoms with van der Waals surface area (Å²) in [4.78, 5) is 13.6. The smallest absolute Gasteiger partial charge is 0.325 e. The summed E-state index contributed by atoms with van der Waals surface area (Å²) in [6.45, 7) is 3.78. The zero-order chi connectivity index (χ0) is 13.8. The zero-order valence-electron chi connectivity index (χ0n) is 11.6. The second-order valence-corrected chi connectivity index (χ2v) is 4.91. The highest BCUT2D eigenvalue weighted by Gasteiger charge is 2.29. The van der Waals surface area contributed by atoms with Gasteiger partial charge in [-0.2, -0.15) is 0 Å². The Labute approximate surface area is 114 Å². The van der Waals surface area contributed by atoms with Gasteiger partial charge in [-0.1, -0.05) is 13.0 Å². The highest BCUT2D eigenvalue weighted by Crippen LogP contribution is 2.29. The Bertz CT molecular complexity index is 453. The molecule has 0 bridgehead atoms. The van der Waals surface area contributed by atoms with Crippen LogP contribution < -0.4 is 4.74 Å². The number of hydrogen-bond donors (Lipinski definition) is 1. The molecule has 1 N–H and O–H groups in total. The Morgan fingerprint density at radius 2 is 2.11 bits per heavy atom. The maximum Gasteiger partial charge on any atom is 0.325 e. The summed E-state index contributed by atoms with van der Waals surface area (Å²) in [7, 11) is 1.64. The second kappa shape index (κ2) is 6.06. The van der Waals surface area contributed by atoms with Crippen molar-refractivity contribution < 1.29 is 14.6 Å². The third-order valence-electron chi connectivity index (χ3n) is 3.74. The molecule has 4 nitrogen and oxygen atoms in total. The average Bonchev–Trinajstić information content (AvgIpc) is 2.92. The minimum atomic E-state index is -0.769. The Hall–Kier alpha value is -1.55. The summed E-state index contributed by atoms with van der Waals surface area (Å²) in [5.41, 5.74) is 1.91. The predicted octanol–water partition coefficient (Wildman–Crippen LogP) is 2.48. The summed E-state index contributed by atoms with van der Waals surface area (Å²) < 4.78 is 5.30. The van der Waals surface area contributed by atoms with Gasteiger partial charge in [0.15, 0.2) is 0 Å². The molecule has 1 heterocycles. The standard InChI is InChI=1S/C15H21NO3/c1-3-11-10-12(6-7-13(11)19-2)14(15(17)18)16-8-4-5-9-16/h6-7,10,14H,3-5,8-9H2,1-2H3,(H,17,18). The molecule has 1 aliphatic rings. The van der Waals surface area contributed by atoms with E-state index < -0.39 is 12.0 Å². The van der Waals surface area contributed by atoms with Crippen molar-refractivity contribution in [3.8, 4) is 5.75 Å². The summed E-state index contributed by atoms with van der Waals surface area (Å²) in [6, 6.07) is 5.18. The molecule has 0 radical (unpaired) electrons. The average molecular weight is 263 g/mol. The monoisotopic (exact) mass is 263 g/mol. The molecule has 0 aromatic heterocycles. The molecule has 4 heteroatoms. The van der Waals surface area contributed by atoms with Gasteiger partial charge in [0.1, 0.15) is 11.8 Å². The number of carbonyl (C=O) groups is 1. The molecule has 0 aliphatic carbocycles. The summed E-state index contributed by atoms with van der Waals surface area (Å²) in [5.74, 6) is 0.0610. The van der Waals surface area contributed by atoms with Crippen LogP contribution in [0.25, 0.3) is 0 Å². The lowest BCUT2D eigenvalue weighted by molar-refractivity contribution is -0.143. The number of ether oxygens (including phenoxy) is 1. The number of nitrogens with zero attached hydrogens (tertiary/aromatic N) is 1. The molecular formula is C15H21NO3. The van der Waals surface area contributed by atoms with Gasteiger partial charge >= 0.3 is 5.97 Å². The van der Waals surface area contributed by atoms with E-state index in [0.29, 0.717) is 0 Å². The van der Waals surface area contributed by atoms with E-state index in [1.807, 2.05) is 30.0 Å². The molecule has 1 aromatic rings. The number of methoxy groups -OCH3 is 1. The van der Waals surface area contributed by atoms with Crippen molar-refractivity contribution in [1.82, 2.24) is 4.90 Å². The fourth-order valence-electron chi connectivity index (χ4n) is 2.75. The van der Waals surface area contributed by atoms with E-state index in [1.54, 1.807) is 7.11 Å². The molecule has 0 spiro atoms. The molecule has 1 aliphatic heterocycles. The minimum Gasteiger partial charge on any atom is -0.496 e. The maximum atomic E-state index is 11.6. The molecule has 0 amide bonds. The number of aryl methyl sites for hydroxylation is 1. The van der Waals surface area contributed by atoms with Gasteiger partial charge in [-0.3, -0.25) is 9.69 Å². The molecular weight excluding hydrogens is 242 g/mol. The molecule has 104 valence electrons. The Balaban J connectivity index is 2.33. The normalized spacial score (nSPS) is 17.4. The van der Waals surface area contributed by atoms with Crippen molar-refractivity contribution in [3.05, 3.63) is 29.3 Å². The quantitative estimate of drug-likeness (QED) is 0.886. The molecule has 1 unspecified atom stereocenters. The largest absolute Gasteiger partial charge is 0.496 e.